The third-order valence-electron chi connectivity index (χ3n) is 3.00. The van der Waals surface area contributed by atoms with Crippen LogP contribution in [0.15, 0.2) is 36.7 Å². The summed E-state index contributed by atoms with van der Waals surface area (Å²) in [4.78, 5) is 15.2. The third kappa shape index (κ3) is 2.15. The molecule has 102 valence electrons. The summed E-state index contributed by atoms with van der Waals surface area (Å²) in [5.41, 5.74) is 13.5. The van der Waals surface area contributed by atoms with Crippen LogP contribution in [0.2, 0.25) is 0 Å². The summed E-state index contributed by atoms with van der Waals surface area (Å²) in [6.45, 7) is 0. The Morgan fingerprint density at radius 3 is 2.52 bits per heavy atom. The lowest BCUT2D eigenvalue weighted by Gasteiger charge is -2.10. The van der Waals surface area contributed by atoms with Crippen molar-refractivity contribution in [2.75, 3.05) is 11.5 Å². The predicted octanol–water partition coefficient (Wildman–Crippen LogP) is 1.57. The molecule has 0 aliphatic heterocycles. The van der Waals surface area contributed by atoms with Crippen LogP contribution in [0.1, 0.15) is 5.56 Å². The molecule has 5 N–H and O–H groups in total. The van der Waals surface area contributed by atoms with Crippen LogP contribution in [0.5, 0.6) is 0 Å². The maximum Gasteiger partial charge on any atom is 0.222 e. The molecule has 0 spiro atoms. The van der Waals surface area contributed by atoms with Gasteiger partial charge in [-0.25, -0.2) is 9.97 Å². The quantitative estimate of drug-likeness (QED) is 0.651. The highest BCUT2D eigenvalue weighted by Crippen LogP contribution is 2.32. The summed E-state index contributed by atoms with van der Waals surface area (Å²) < 4.78 is 0. The van der Waals surface area contributed by atoms with Gasteiger partial charge < -0.3 is 16.5 Å². The molecule has 7 heteroatoms. The number of nitrogens with zero attached hydrogens (tertiary/aromatic N) is 4. The molecule has 2 heterocycles. The van der Waals surface area contributed by atoms with Gasteiger partial charge in [0.2, 0.25) is 5.95 Å². The van der Waals surface area contributed by atoms with E-state index in [2.05, 4.69) is 19.9 Å². The van der Waals surface area contributed by atoms with Gasteiger partial charge in [-0.2, -0.15) is 10.2 Å². The van der Waals surface area contributed by atoms with Crippen LogP contribution in [0.4, 0.5) is 11.8 Å². The number of hydrogen-bond acceptors (Lipinski definition) is 6. The number of hydrogen-bond donors (Lipinski definition) is 3. The van der Waals surface area contributed by atoms with Crippen molar-refractivity contribution in [1.29, 1.82) is 5.26 Å². The van der Waals surface area contributed by atoms with Crippen molar-refractivity contribution in [2.24, 2.45) is 0 Å². The van der Waals surface area contributed by atoms with Crippen molar-refractivity contribution < 1.29 is 0 Å². The first-order chi connectivity index (χ1) is 10.2. The number of nitriles is 1. The van der Waals surface area contributed by atoms with E-state index in [9.17, 15) is 5.26 Å². The van der Waals surface area contributed by atoms with Crippen LogP contribution < -0.4 is 11.5 Å². The molecule has 0 saturated heterocycles. The normalized spacial score (nSPS) is 10.2. The first-order valence-electron chi connectivity index (χ1n) is 6.13. The molecule has 1 aromatic carbocycles. The largest absolute Gasteiger partial charge is 0.382 e. The van der Waals surface area contributed by atoms with Gasteiger partial charge >= 0.3 is 0 Å². The fourth-order valence-electron chi connectivity index (χ4n) is 2.11. The Morgan fingerprint density at radius 2 is 1.86 bits per heavy atom. The van der Waals surface area contributed by atoms with Gasteiger partial charge in [0.05, 0.1) is 5.69 Å². The molecule has 21 heavy (non-hydrogen) atoms. The summed E-state index contributed by atoms with van der Waals surface area (Å²) in [6, 6.07) is 9.46. The molecular weight excluding hydrogens is 266 g/mol. The van der Waals surface area contributed by atoms with Crippen LogP contribution in [0.25, 0.3) is 22.6 Å². The van der Waals surface area contributed by atoms with Crippen LogP contribution in [0.3, 0.4) is 0 Å². The number of H-pyrrole nitrogens is 1. The highest BCUT2D eigenvalue weighted by atomic mass is 15.0. The topological polar surface area (TPSA) is 130 Å². The van der Waals surface area contributed by atoms with E-state index in [0.717, 1.165) is 5.56 Å². The van der Waals surface area contributed by atoms with E-state index in [1.807, 2.05) is 30.3 Å². The Hall–Kier alpha value is -3.40. The number of benzene rings is 1. The second kappa shape index (κ2) is 4.94. The highest BCUT2D eigenvalue weighted by molar-refractivity contribution is 5.83. The van der Waals surface area contributed by atoms with Crippen molar-refractivity contribution in [1.82, 2.24) is 19.9 Å². The maximum absolute atomic E-state index is 9.30. The number of aromatic nitrogens is 4. The SMILES string of the molecule is N#Cc1c(N)nc(N)nc1-c1ccccc1-c1ncc[nH]1. The molecule has 0 unspecified atom stereocenters. The Balaban J connectivity index is 2.30. The third-order valence-corrected chi connectivity index (χ3v) is 3.00. The van der Waals surface area contributed by atoms with E-state index in [1.165, 1.54) is 0 Å². The Morgan fingerprint density at radius 1 is 1.10 bits per heavy atom. The van der Waals surface area contributed by atoms with Crippen LogP contribution in [-0.4, -0.2) is 19.9 Å². The molecule has 3 rings (SSSR count). The van der Waals surface area contributed by atoms with Gasteiger partial charge in [-0.3, -0.25) is 0 Å². The van der Waals surface area contributed by atoms with Gasteiger partial charge in [0.1, 0.15) is 23.3 Å². The molecule has 0 radical (unpaired) electrons. The van der Waals surface area contributed by atoms with E-state index < -0.39 is 0 Å². The number of rotatable bonds is 2. The van der Waals surface area contributed by atoms with Gasteiger partial charge in [-0.15, -0.1) is 0 Å². The summed E-state index contributed by atoms with van der Waals surface area (Å²) in [5, 5.41) is 9.30. The minimum atomic E-state index is 0.0238. The molecule has 3 aromatic rings. The Labute approximate surface area is 120 Å². The summed E-state index contributed by atoms with van der Waals surface area (Å²) in [5.74, 6) is 0.759. The van der Waals surface area contributed by atoms with Crippen LogP contribution >= 0.6 is 0 Å². The zero-order chi connectivity index (χ0) is 14.8. The Kier molecular flexibility index (Phi) is 2.97. The molecule has 0 amide bonds. The standard InChI is InChI=1S/C14H11N7/c15-7-10-11(20-14(17)21-12(10)16)8-3-1-2-4-9(8)13-18-5-6-19-13/h1-6H,(H,18,19)(H4,16,17,20,21). The van der Waals surface area contributed by atoms with E-state index in [1.54, 1.807) is 12.4 Å². The lowest BCUT2D eigenvalue weighted by Crippen LogP contribution is -2.05. The van der Waals surface area contributed by atoms with Crippen molar-refractivity contribution in [3.8, 4) is 28.7 Å². The fourth-order valence-corrected chi connectivity index (χ4v) is 2.11. The maximum atomic E-state index is 9.30. The van der Waals surface area contributed by atoms with Gasteiger partial charge in [-0.05, 0) is 0 Å². The average molecular weight is 277 g/mol. The molecule has 0 bridgehead atoms. The molecule has 0 fully saturated rings. The minimum absolute atomic E-state index is 0.0238. The molecule has 0 saturated carbocycles. The zero-order valence-corrected chi connectivity index (χ0v) is 10.9. The first kappa shape index (κ1) is 12.6. The van der Waals surface area contributed by atoms with Crippen molar-refractivity contribution in [2.45, 2.75) is 0 Å². The van der Waals surface area contributed by atoms with Gasteiger partial charge in [0.15, 0.2) is 0 Å². The smallest absolute Gasteiger partial charge is 0.222 e. The zero-order valence-electron chi connectivity index (χ0n) is 10.9. The van der Waals surface area contributed by atoms with Crippen molar-refractivity contribution in [3.05, 3.63) is 42.2 Å². The molecule has 7 nitrogen and oxygen atoms in total. The van der Waals surface area contributed by atoms with Gasteiger partial charge in [0, 0.05) is 23.5 Å². The van der Waals surface area contributed by atoms with E-state index in [0.29, 0.717) is 17.1 Å². The lowest BCUT2D eigenvalue weighted by atomic mass is 10.0. The molecular formula is C14H11N7. The monoisotopic (exact) mass is 277 g/mol. The Bertz CT molecular complexity index is 831. The summed E-state index contributed by atoms with van der Waals surface area (Å²) in [6.07, 6.45) is 3.38. The van der Waals surface area contributed by atoms with E-state index in [4.69, 9.17) is 11.5 Å². The van der Waals surface area contributed by atoms with Crippen LogP contribution in [0, 0.1) is 11.3 Å². The number of aromatic amines is 1. The average Bonchev–Trinajstić information content (AvgIpc) is 3.00. The number of nitrogen functional groups attached to an aromatic ring is 2. The van der Waals surface area contributed by atoms with Gasteiger partial charge in [-0.1, -0.05) is 24.3 Å². The predicted molar refractivity (Wildman–Crippen MR) is 78.6 cm³/mol. The molecule has 0 aliphatic rings. The molecule has 0 atom stereocenters. The van der Waals surface area contributed by atoms with Crippen molar-refractivity contribution in [3.63, 3.8) is 0 Å². The number of imidazole rings is 1. The molecule has 2 aromatic heterocycles. The minimum Gasteiger partial charge on any atom is -0.382 e. The number of nitrogens with one attached hydrogen (secondary N) is 1. The van der Waals surface area contributed by atoms with E-state index in [-0.39, 0.29) is 17.3 Å². The van der Waals surface area contributed by atoms with Crippen LogP contribution in [-0.2, 0) is 0 Å². The number of nitrogens with two attached hydrogens (primary N) is 2. The highest BCUT2D eigenvalue weighted by Gasteiger charge is 2.17. The molecule has 0 aliphatic carbocycles. The van der Waals surface area contributed by atoms with E-state index >= 15 is 0 Å². The number of anilines is 2. The summed E-state index contributed by atoms with van der Waals surface area (Å²) in [7, 11) is 0. The van der Waals surface area contributed by atoms with Gasteiger partial charge in [0.25, 0.3) is 0 Å². The first-order valence-corrected chi connectivity index (χ1v) is 6.13. The fraction of sp³-hybridized carbons (Fsp3) is 0. The van der Waals surface area contributed by atoms with Crippen molar-refractivity contribution >= 4 is 11.8 Å². The second-order valence-corrected chi connectivity index (χ2v) is 4.29. The lowest BCUT2D eigenvalue weighted by molar-refractivity contribution is 1.18. The summed E-state index contributed by atoms with van der Waals surface area (Å²) >= 11 is 0. The second-order valence-electron chi connectivity index (χ2n) is 4.29.